The molecule has 0 spiro atoms. The van der Waals surface area contributed by atoms with Gasteiger partial charge in [0.25, 0.3) is 0 Å². The fourth-order valence-corrected chi connectivity index (χ4v) is 2.93. The monoisotopic (exact) mass is 362 g/mol. The zero-order valence-electron chi connectivity index (χ0n) is 15.2. The Morgan fingerprint density at radius 2 is 1.52 bits per heavy atom. The second kappa shape index (κ2) is 8.90. The summed E-state index contributed by atoms with van der Waals surface area (Å²) in [6, 6.07) is 22.7. The minimum atomic E-state index is -0.540. The van der Waals surface area contributed by atoms with Crippen LogP contribution in [0.1, 0.15) is 27.0 Å². The normalized spacial score (nSPS) is 10.4. The number of esters is 1. The number of rotatable bonds is 7. The Morgan fingerprint density at radius 1 is 0.889 bits per heavy atom. The van der Waals surface area contributed by atoms with E-state index in [4.69, 9.17) is 9.47 Å². The number of aromatic hydroxyl groups is 1. The Bertz CT molecular complexity index is 889. The number of hydrogen-bond acceptors (Lipinski definition) is 4. The van der Waals surface area contributed by atoms with Gasteiger partial charge in [0, 0.05) is 6.07 Å². The van der Waals surface area contributed by atoms with Crippen LogP contribution in [0, 0.1) is 0 Å². The van der Waals surface area contributed by atoms with Crippen molar-refractivity contribution in [1.82, 2.24) is 0 Å². The van der Waals surface area contributed by atoms with Crippen LogP contribution in [0.25, 0.3) is 0 Å². The largest absolute Gasteiger partial charge is 0.507 e. The first-order valence-electron chi connectivity index (χ1n) is 8.82. The molecular formula is C23H22O4. The van der Waals surface area contributed by atoms with Crippen LogP contribution < -0.4 is 4.74 Å². The van der Waals surface area contributed by atoms with Gasteiger partial charge in [-0.3, -0.25) is 0 Å². The Morgan fingerprint density at radius 3 is 2.15 bits per heavy atom. The molecule has 0 fully saturated rings. The molecular weight excluding hydrogens is 340 g/mol. The standard InChI is InChI=1S/C23H22O4/c1-26-20-14-19(13-12-17-8-4-2-5-9-17)22(21(24)15-20)23(25)27-16-18-10-6-3-7-11-18/h2-11,14-15,24H,12-13,16H2,1H3. The van der Waals surface area contributed by atoms with Crippen LogP contribution in [-0.2, 0) is 24.2 Å². The minimum absolute atomic E-state index is 0.129. The van der Waals surface area contributed by atoms with E-state index in [1.807, 2.05) is 60.7 Å². The van der Waals surface area contributed by atoms with Crippen LogP contribution in [0.2, 0.25) is 0 Å². The third-order valence-electron chi connectivity index (χ3n) is 4.35. The van der Waals surface area contributed by atoms with E-state index in [0.717, 1.165) is 17.5 Å². The summed E-state index contributed by atoms with van der Waals surface area (Å²) in [6.45, 7) is 0.156. The molecule has 0 aliphatic rings. The first kappa shape index (κ1) is 18.5. The van der Waals surface area contributed by atoms with Gasteiger partial charge in [0.1, 0.15) is 23.7 Å². The van der Waals surface area contributed by atoms with Crippen LogP contribution in [-0.4, -0.2) is 18.2 Å². The van der Waals surface area contributed by atoms with Gasteiger partial charge >= 0.3 is 5.97 Å². The zero-order valence-corrected chi connectivity index (χ0v) is 15.2. The Kier molecular flexibility index (Phi) is 6.10. The first-order valence-corrected chi connectivity index (χ1v) is 8.82. The maximum Gasteiger partial charge on any atom is 0.342 e. The van der Waals surface area contributed by atoms with E-state index in [0.29, 0.717) is 17.7 Å². The predicted octanol–water partition coefficient (Wildman–Crippen LogP) is 4.54. The fourth-order valence-electron chi connectivity index (χ4n) is 2.93. The Labute approximate surface area is 159 Å². The second-order valence-corrected chi connectivity index (χ2v) is 6.23. The van der Waals surface area contributed by atoms with Crippen LogP contribution >= 0.6 is 0 Å². The molecule has 0 radical (unpaired) electrons. The molecule has 0 heterocycles. The Hall–Kier alpha value is -3.27. The number of aryl methyl sites for hydroxylation is 2. The molecule has 3 aromatic rings. The molecule has 0 unspecified atom stereocenters. The second-order valence-electron chi connectivity index (χ2n) is 6.23. The van der Waals surface area contributed by atoms with E-state index in [-0.39, 0.29) is 17.9 Å². The van der Waals surface area contributed by atoms with Gasteiger partial charge in [0.05, 0.1) is 7.11 Å². The molecule has 3 rings (SSSR count). The van der Waals surface area contributed by atoms with E-state index in [1.165, 1.54) is 13.2 Å². The zero-order chi connectivity index (χ0) is 19.1. The lowest BCUT2D eigenvalue weighted by Crippen LogP contribution is -2.10. The molecule has 0 aromatic heterocycles. The van der Waals surface area contributed by atoms with Crippen LogP contribution in [0.5, 0.6) is 11.5 Å². The number of carbonyl (C=O) groups is 1. The topological polar surface area (TPSA) is 55.8 Å². The molecule has 0 bridgehead atoms. The summed E-state index contributed by atoms with van der Waals surface area (Å²) in [5.41, 5.74) is 2.95. The lowest BCUT2D eigenvalue weighted by Gasteiger charge is -2.13. The first-order chi connectivity index (χ1) is 13.2. The van der Waals surface area contributed by atoms with E-state index in [9.17, 15) is 9.90 Å². The van der Waals surface area contributed by atoms with Crippen molar-refractivity contribution in [2.45, 2.75) is 19.4 Å². The van der Waals surface area contributed by atoms with Gasteiger partial charge in [0.15, 0.2) is 0 Å². The summed E-state index contributed by atoms with van der Waals surface area (Å²) in [6.07, 6.45) is 1.33. The molecule has 3 aromatic carbocycles. The molecule has 0 aliphatic carbocycles. The molecule has 0 amide bonds. The van der Waals surface area contributed by atoms with Gasteiger partial charge in [-0.05, 0) is 35.6 Å². The highest BCUT2D eigenvalue weighted by molar-refractivity contribution is 5.94. The SMILES string of the molecule is COc1cc(O)c(C(=O)OCc2ccccc2)c(CCc2ccccc2)c1. The number of hydrogen-bond donors (Lipinski definition) is 1. The third-order valence-corrected chi connectivity index (χ3v) is 4.35. The fraction of sp³-hybridized carbons (Fsp3) is 0.174. The highest BCUT2D eigenvalue weighted by Crippen LogP contribution is 2.30. The highest BCUT2D eigenvalue weighted by Gasteiger charge is 2.20. The highest BCUT2D eigenvalue weighted by atomic mass is 16.5. The van der Waals surface area contributed by atoms with Crippen molar-refractivity contribution in [1.29, 1.82) is 0 Å². The quantitative estimate of drug-likeness (QED) is 0.627. The van der Waals surface area contributed by atoms with Crippen molar-refractivity contribution in [3.63, 3.8) is 0 Å². The van der Waals surface area contributed by atoms with Gasteiger partial charge in [-0.25, -0.2) is 4.79 Å². The number of carbonyl (C=O) groups excluding carboxylic acids is 1. The molecule has 4 heteroatoms. The van der Waals surface area contributed by atoms with Crippen LogP contribution in [0.4, 0.5) is 0 Å². The third kappa shape index (κ3) is 4.88. The lowest BCUT2D eigenvalue weighted by atomic mass is 9.98. The summed E-state index contributed by atoms with van der Waals surface area (Å²) in [7, 11) is 1.53. The van der Waals surface area contributed by atoms with Gasteiger partial charge < -0.3 is 14.6 Å². The van der Waals surface area contributed by atoms with Gasteiger partial charge in [-0.1, -0.05) is 60.7 Å². The Balaban J connectivity index is 1.80. The number of benzene rings is 3. The summed E-state index contributed by atoms with van der Waals surface area (Å²) in [5, 5.41) is 10.4. The summed E-state index contributed by atoms with van der Waals surface area (Å²) in [4.78, 5) is 12.6. The average Bonchev–Trinajstić information content (AvgIpc) is 2.71. The van der Waals surface area contributed by atoms with Crippen molar-refractivity contribution < 1.29 is 19.4 Å². The van der Waals surface area contributed by atoms with E-state index in [1.54, 1.807) is 6.07 Å². The van der Waals surface area contributed by atoms with Crippen molar-refractivity contribution in [2.24, 2.45) is 0 Å². The minimum Gasteiger partial charge on any atom is -0.507 e. The molecule has 1 N–H and O–H groups in total. The summed E-state index contributed by atoms with van der Waals surface area (Å²) < 4.78 is 10.7. The van der Waals surface area contributed by atoms with Crippen LogP contribution in [0.15, 0.2) is 72.8 Å². The number of phenolic OH excluding ortho intramolecular Hbond substituents is 1. The predicted molar refractivity (Wildman–Crippen MR) is 104 cm³/mol. The van der Waals surface area contributed by atoms with Gasteiger partial charge in [-0.15, -0.1) is 0 Å². The number of ether oxygens (including phenoxy) is 2. The molecule has 0 saturated heterocycles. The van der Waals surface area contributed by atoms with Crippen LogP contribution in [0.3, 0.4) is 0 Å². The summed E-state index contributed by atoms with van der Waals surface area (Å²) >= 11 is 0. The summed E-state index contributed by atoms with van der Waals surface area (Å²) in [5.74, 6) is -0.160. The molecule has 4 nitrogen and oxygen atoms in total. The number of methoxy groups -OCH3 is 1. The number of phenols is 1. The van der Waals surface area contributed by atoms with Gasteiger partial charge in [-0.2, -0.15) is 0 Å². The smallest absolute Gasteiger partial charge is 0.342 e. The lowest BCUT2D eigenvalue weighted by molar-refractivity contribution is 0.0468. The molecule has 0 atom stereocenters. The van der Waals surface area contributed by atoms with Gasteiger partial charge in [0.2, 0.25) is 0 Å². The molecule has 138 valence electrons. The van der Waals surface area contributed by atoms with Crippen molar-refractivity contribution in [3.05, 3.63) is 95.1 Å². The van der Waals surface area contributed by atoms with Crippen molar-refractivity contribution in [2.75, 3.05) is 7.11 Å². The van der Waals surface area contributed by atoms with E-state index < -0.39 is 5.97 Å². The molecule has 0 aliphatic heterocycles. The maximum atomic E-state index is 12.6. The maximum absolute atomic E-state index is 12.6. The molecule has 27 heavy (non-hydrogen) atoms. The van der Waals surface area contributed by atoms with Crippen molar-refractivity contribution >= 4 is 5.97 Å². The van der Waals surface area contributed by atoms with E-state index in [2.05, 4.69) is 0 Å². The average molecular weight is 362 g/mol. The van der Waals surface area contributed by atoms with E-state index >= 15 is 0 Å². The molecule has 0 saturated carbocycles. The van der Waals surface area contributed by atoms with Crippen molar-refractivity contribution in [3.8, 4) is 11.5 Å².